The maximum atomic E-state index is 13.2. The van der Waals surface area contributed by atoms with E-state index in [2.05, 4.69) is 81.4 Å². The van der Waals surface area contributed by atoms with Gasteiger partial charge in [-0.05, 0) is 216 Å². The summed E-state index contributed by atoms with van der Waals surface area (Å²) in [5.74, 6) is -1.03. The Labute approximate surface area is 853 Å². The first kappa shape index (κ1) is 115. The molecule has 11 aromatic rings. The van der Waals surface area contributed by atoms with Crippen molar-refractivity contribution in [3.05, 3.63) is 191 Å². The molecule has 0 saturated heterocycles. The molecular weight excluding hydrogens is 2050 g/mol. The van der Waals surface area contributed by atoms with Crippen LogP contribution in [0.15, 0.2) is 156 Å². The number of methoxy groups -OCH3 is 2. The highest BCUT2D eigenvalue weighted by molar-refractivity contribution is 7.90. The van der Waals surface area contributed by atoms with Crippen molar-refractivity contribution >= 4 is 152 Å². The highest BCUT2D eigenvalue weighted by atomic mass is 127. The molecule has 0 unspecified atom stereocenters. The fourth-order valence-corrected chi connectivity index (χ4v) is 19.4. The van der Waals surface area contributed by atoms with Crippen molar-refractivity contribution < 1.29 is 121 Å². The van der Waals surface area contributed by atoms with Crippen LogP contribution in [0.3, 0.4) is 0 Å². The number of benzene rings is 3. The van der Waals surface area contributed by atoms with Gasteiger partial charge < -0.3 is 99.3 Å². The van der Waals surface area contributed by atoms with Gasteiger partial charge in [0.2, 0.25) is 17.1 Å². The second kappa shape index (κ2) is 51.3. The number of alkyl carbamates (subject to hydrolysis) is 2. The molecule has 0 atom stereocenters. The Bertz CT molecular complexity index is 6540. The minimum atomic E-state index is -5.08. The fraction of sp³-hybridized carbons (Fsp3) is 0.454. The number of rotatable bonds is 24. The first-order valence-corrected chi connectivity index (χ1v) is 49.7. The van der Waals surface area contributed by atoms with Crippen LogP contribution in [0.4, 0.5) is 56.9 Å². The number of alkyl halides is 3. The average molecular weight is 2170 g/mol. The van der Waals surface area contributed by atoms with E-state index in [0.717, 1.165) is 89.5 Å². The molecule has 0 radical (unpaired) electrons. The lowest BCUT2D eigenvalue weighted by molar-refractivity contribution is -0.192. The summed E-state index contributed by atoms with van der Waals surface area (Å²) in [6.45, 7) is 41.4. The Morgan fingerprint density at radius 1 is 0.545 bits per heavy atom. The third-order valence-corrected chi connectivity index (χ3v) is 27.5. The molecule has 3 aromatic carbocycles. The minimum absolute atomic E-state index is 0. The molecule has 8 N–H and O–H groups in total. The van der Waals surface area contributed by atoms with Crippen LogP contribution in [-0.2, 0) is 71.1 Å². The molecule has 8 heterocycles. The number of fused-ring (bicyclic) bond motifs is 3. The number of aromatic nitrogens is 10. The second-order valence-corrected chi connectivity index (χ2v) is 42.1. The van der Waals surface area contributed by atoms with Gasteiger partial charge in [-0.2, -0.15) is 23.1 Å². The van der Waals surface area contributed by atoms with Gasteiger partial charge in [0, 0.05) is 136 Å². The second-order valence-electron chi connectivity index (χ2n) is 36.8. The summed E-state index contributed by atoms with van der Waals surface area (Å²) in [6, 6.07) is 32.5. The number of H-pyrrole nitrogens is 1. The van der Waals surface area contributed by atoms with Crippen LogP contribution in [-0.4, -0.2) is 212 Å². The maximum absolute atomic E-state index is 13.2. The van der Waals surface area contributed by atoms with E-state index >= 15 is 0 Å². The van der Waals surface area contributed by atoms with Gasteiger partial charge in [0.15, 0.2) is 11.3 Å². The summed E-state index contributed by atoms with van der Waals surface area (Å²) in [5, 5.41) is 16.1. The number of carbonyl (C=O) groups excluding carboxylic acids is 6. The average Bonchev–Trinajstić information content (AvgIpc) is 1.61. The third-order valence-electron chi connectivity index (χ3n) is 22.8. The number of esters is 2. The number of hydrogen-bond acceptors (Lipinski definition) is 31. The summed E-state index contributed by atoms with van der Waals surface area (Å²) in [7, 11) is 2.75. The molecule has 5 aliphatic carbocycles. The lowest BCUT2D eigenvalue weighted by Crippen LogP contribution is -3.00. The molecule has 0 spiro atoms. The van der Waals surface area contributed by atoms with Crippen molar-refractivity contribution in [3.8, 4) is 17.8 Å². The van der Waals surface area contributed by atoms with Gasteiger partial charge in [-0.1, -0.05) is 67.9 Å². The lowest BCUT2D eigenvalue weighted by Gasteiger charge is -2.43. The molecule has 46 heteroatoms. The van der Waals surface area contributed by atoms with Gasteiger partial charge >= 0.3 is 48.3 Å². The number of carboxylic acid groups (broad SMARTS) is 1. The van der Waals surface area contributed by atoms with E-state index in [0.29, 0.717) is 117 Å². The van der Waals surface area contributed by atoms with Crippen molar-refractivity contribution in [2.75, 3.05) is 57.1 Å². The maximum Gasteiger partial charge on any atom is 0.490 e. The van der Waals surface area contributed by atoms with Crippen molar-refractivity contribution in [2.24, 2.45) is 29.2 Å². The van der Waals surface area contributed by atoms with Crippen LogP contribution in [0, 0.1) is 37.5 Å². The third kappa shape index (κ3) is 32.5. The Balaban J connectivity index is 0.000000212. The molecule has 5 saturated carbocycles. The zero-order chi connectivity index (χ0) is 105. The van der Waals surface area contributed by atoms with E-state index in [1.54, 1.807) is 124 Å². The van der Waals surface area contributed by atoms with E-state index in [9.17, 15) is 58.8 Å². The van der Waals surface area contributed by atoms with E-state index < -0.39 is 55.1 Å². The molecule has 8 aromatic heterocycles. The number of nitrogens with two attached hydrogens (primary N) is 2. The highest BCUT2D eigenvalue weighted by Crippen LogP contribution is 2.46. The minimum Gasteiger partial charge on any atom is -1.00 e. The Morgan fingerprint density at radius 3 is 1.32 bits per heavy atom. The Kier molecular flexibility index (Phi) is 41.3. The topological polar surface area (TPSA) is 478 Å². The first-order chi connectivity index (χ1) is 67.0. The molecular formula is C97H119F3IN20O18S4-. The van der Waals surface area contributed by atoms with Crippen molar-refractivity contribution in [1.29, 1.82) is 0 Å². The van der Waals surface area contributed by atoms with Gasteiger partial charge in [0.25, 0.3) is 20.0 Å². The van der Waals surface area contributed by atoms with E-state index in [1.165, 1.54) is 68.0 Å². The van der Waals surface area contributed by atoms with Gasteiger partial charge in [0.1, 0.15) is 49.8 Å². The van der Waals surface area contributed by atoms with Crippen LogP contribution in [0.5, 0.6) is 17.8 Å². The summed E-state index contributed by atoms with van der Waals surface area (Å²) in [4.78, 5) is 120. The summed E-state index contributed by atoms with van der Waals surface area (Å²) < 4.78 is 125. The summed E-state index contributed by atoms with van der Waals surface area (Å²) in [5.41, 5.74) is 14.0. The molecule has 768 valence electrons. The predicted molar refractivity (Wildman–Crippen MR) is 531 cm³/mol. The van der Waals surface area contributed by atoms with Gasteiger partial charge in [-0.25, -0.2) is 63.7 Å². The van der Waals surface area contributed by atoms with Crippen LogP contribution < -0.4 is 75.0 Å². The molecule has 16 rings (SSSR count). The quantitative estimate of drug-likeness (QED) is 0.0108. The molecule has 0 bridgehead atoms. The molecule has 2 amide bonds. The van der Waals surface area contributed by atoms with Crippen LogP contribution >= 0.6 is 23.1 Å². The SMILES string of the molecule is CC(C)(C)OC(=O)NC1CC(=O)C1.CCC1CC(NC(=O)OC(C)(C)C)C1.CN.COc1nsc(CC(=O)Oc2ccccc2)n1.O=C(O)C(F)(F)F.[C-]#[N+]c1cnc2[nH]ccc2c1N(C)C1CC(CC(=O)Cc2nc(OC)ns2)C1.[C-]#[N+]c1cnc2c(ccn2S(=O)(=O)c2ccccc2)c1N(C)C1CC(CC(=O)OC(C)(C)C)C1.[C-]#[N+]c1cnc2c(ccn2S(=O)(=O)c2ccccc2)c1N(C)C1CC(N)C1.[I-]. The normalized spacial score (nSPS) is 17.6. The number of para-hydroxylation sites is 1. The van der Waals surface area contributed by atoms with Crippen molar-refractivity contribution in [3.63, 3.8) is 0 Å². The number of nitrogens with zero attached hydrogens (tertiary/aromatic N) is 15. The van der Waals surface area contributed by atoms with E-state index in [4.69, 9.17) is 63.8 Å². The number of hydrogen-bond donors (Lipinski definition) is 6. The number of carboxylic acids is 1. The zero-order valence-corrected chi connectivity index (χ0v) is 87.5. The number of pyridine rings is 3. The Hall–Kier alpha value is -13.1. The fourth-order valence-electron chi connectivity index (χ4n) is 15.6. The summed E-state index contributed by atoms with van der Waals surface area (Å²) >= 11 is 2.34. The number of carbonyl (C=O) groups is 7. The zero-order valence-electron chi connectivity index (χ0n) is 82.1. The first-order valence-electron chi connectivity index (χ1n) is 45.3. The monoisotopic (exact) mass is 2160 g/mol. The van der Waals surface area contributed by atoms with Crippen molar-refractivity contribution in [1.82, 2.24) is 57.2 Å². The number of ketones is 2. The highest BCUT2D eigenvalue weighted by Gasteiger charge is 2.41. The number of nitrogens with one attached hydrogen (secondary N) is 3. The summed E-state index contributed by atoms with van der Waals surface area (Å²) in [6.07, 6.45) is 14.3. The van der Waals surface area contributed by atoms with Crippen LogP contribution in [0.2, 0.25) is 0 Å². The van der Waals surface area contributed by atoms with Crippen molar-refractivity contribution in [2.45, 2.75) is 235 Å². The number of halogens is 4. The van der Waals surface area contributed by atoms with Gasteiger partial charge in [-0.3, -0.25) is 24.2 Å². The predicted octanol–water partition coefficient (Wildman–Crippen LogP) is 13.8. The van der Waals surface area contributed by atoms with E-state index in [-0.39, 0.29) is 112 Å². The number of aliphatic carboxylic acids is 1. The molecule has 5 fully saturated rings. The molecule has 143 heavy (non-hydrogen) atoms. The Morgan fingerprint density at radius 2 is 0.937 bits per heavy atom. The smallest absolute Gasteiger partial charge is 0.490 e. The number of anilines is 3. The molecule has 5 aliphatic rings. The largest absolute Gasteiger partial charge is 1.00 e. The number of Topliss-reactive ketones (excluding diaryl/α,β-unsaturated/α-hetero) is 2. The number of aromatic amines is 1. The lowest BCUT2D eigenvalue weighted by atomic mass is 9.76. The molecule has 0 aliphatic heterocycles. The van der Waals surface area contributed by atoms with Gasteiger partial charge in [-0.15, -0.1) is 8.75 Å². The standard InChI is InChI=1S/C25H28N4O4S.C19H20N6O2S.C19H19N5O2S.C11H10N2O3S.C11H21NO2.C9H15NO3.C2HF3O2.CH5N.HI/c1-25(2,3)33-22(30)15-17-13-18(14-17)28(5)23-20-11-12-29(24(20)27-16-21(23)26-4)34(31,32)19-9-7-6-8-10-19;1-20-15-10-22-18-14(4-5-21-18)17(15)25(2)12-6-11(7-12)8-13(26)9-16-23-19(27-3)24-28-16;1-21-17-12-22-19-16(18(17)23(2)14-10-13(20)11-14)8-9-24(19)27(25,26)15-6-4-3-5-7-15;1-15-11-12-9(17-13-11)7-10(14)16-8-5-3-2-4-6-8;1-5-8-6-9(7-8)12-10(13)14-11(2,3)4;1-9(2,3)13-8(12)10-6-4-7(11)5-6;3-2(4,5)1(6)7;1-2;/h6-12,16-18H,13-15H2,1-3,5H3;4-5,10-12H,6-9H2,2-3H3,(H,21,22);3-9,12-14H,10-11,20H2,2H3;2-6H,7H2,1H3;8-9H,5-7H2,1-4H3,(H,12,13);6H,4-5H2,1-3H3,(H,10,12);(H,6,7);2H2,1H3;1H/p-1. The number of ether oxygens (including phenoxy) is 6. The number of amides is 2. The van der Waals surface area contributed by atoms with Crippen LogP contribution in [0.25, 0.3) is 47.6 Å². The van der Waals surface area contributed by atoms with E-state index in [1.807, 2.05) is 90.8 Å². The van der Waals surface area contributed by atoms with Gasteiger partial charge in [0.05, 0.1) is 73.6 Å². The van der Waals surface area contributed by atoms with Crippen LogP contribution in [0.1, 0.15) is 163 Å². The molecule has 38 nitrogen and oxygen atoms in total.